The topological polar surface area (TPSA) is 187 Å². The van der Waals surface area contributed by atoms with Gasteiger partial charge in [0.15, 0.2) is 10.8 Å². The highest BCUT2D eigenvalue weighted by molar-refractivity contribution is 7.14. The Bertz CT molecular complexity index is 1260. The second kappa shape index (κ2) is 12.1. The first-order valence-corrected chi connectivity index (χ1v) is 14.1. The van der Waals surface area contributed by atoms with Crippen molar-refractivity contribution in [1.82, 2.24) is 20.5 Å². The second-order valence-corrected chi connectivity index (χ2v) is 13.2. The SMILES string of the molecule is CC1CN(C[C@H]2NC(=O)[C@H]2NC(=O)/C(=N\OC(C)(C)C(=O)OC(C)(C)C)c2csc(NC(=O)OC(C)(C)C)n2)C(=O)O1. The maximum absolute atomic E-state index is 13.5. The van der Waals surface area contributed by atoms with Gasteiger partial charge >= 0.3 is 18.2 Å². The van der Waals surface area contributed by atoms with Crippen LogP contribution >= 0.6 is 11.3 Å². The van der Waals surface area contributed by atoms with Gasteiger partial charge in [0.25, 0.3) is 5.91 Å². The number of rotatable bonds is 9. The Balaban J connectivity index is 1.82. The fourth-order valence-corrected chi connectivity index (χ4v) is 4.34. The number of nitrogens with one attached hydrogen (secondary N) is 3. The summed E-state index contributed by atoms with van der Waals surface area (Å²) in [6.07, 6.45) is -1.56. The third kappa shape index (κ3) is 8.77. The van der Waals surface area contributed by atoms with Crippen molar-refractivity contribution in [2.24, 2.45) is 5.16 Å². The molecule has 3 rings (SSSR count). The molecule has 2 saturated heterocycles. The molecule has 0 spiro atoms. The van der Waals surface area contributed by atoms with E-state index < -0.39 is 58.9 Å². The molecule has 1 aromatic rings. The first-order chi connectivity index (χ1) is 19.2. The molecule has 15 nitrogen and oxygen atoms in total. The van der Waals surface area contributed by atoms with Crippen LogP contribution in [0.5, 0.6) is 0 Å². The van der Waals surface area contributed by atoms with Crippen LogP contribution in [0.1, 0.15) is 68.0 Å². The molecular formula is C26H38N6O9S. The summed E-state index contributed by atoms with van der Waals surface area (Å²) in [4.78, 5) is 73.9. The average molecular weight is 611 g/mol. The summed E-state index contributed by atoms with van der Waals surface area (Å²) in [5, 5.41) is 13.2. The van der Waals surface area contributed by atoms with Crippen LogP contribution in [0.15, 0.2) is 10.5 Å². The van der Waals surface area contributed by atoms with E-state index in [0.29, 0.717) is 6.54 Å². The Morgan fingerprint density at radius 3 is 2.31 bits per heavy atom. The van der Waals surface area contributed by atoms with E-state index in [1.54, 1.807) is 48.5 Å². The van der Waals surface area contributed by atoms with Gasteiger partial charge in [0.1, 0.15) is 29.0 Å². The summed E-state index contributed by atoms with van der Waals surface area (Å²) in [5.74, 6) is -2.03. The highest BCUT2D eigenvalue weighted by Crippen LogP contribution is 2.22. The zero-order chi connectivity index (χ0) is 31.6. The van der Waals surface area contributed by atoms with E-state index in [1.807, 2.05) is 0 Å². The lowest BCUT2D eigenvalue weighted by molar-refractivity contribution is -0.179. The van der Waals surface area contributed by atoms with E-state index >= 15 is 0 Å². The van der Waals surface area contributed by atoms with Gasteiger partial charge in [0.2, 0.25) is 11.5 Å². The Labute approximate surface area is 247 Å². The van der Waals surface area contributed by atoms with Crippen LogP contribution in [0.2, 0.25) is 0 Å². The molecule has 2 aliphatic heterocycles. The lowest BCUT2D eigenvalue weighted by atomic mass is 9.98. The van der Waals surface area contributed by atoms with Crippen LogP contribution in [0.3, 0.4) is 0 Å². The zero-order valence-electron chi connectivity index (χ0n) is 25.1. The summed E-state index contributed by atoms with van der Waals surface area (Å²) in [5.41, 5.74) is -3.52. The van der Waals surface area contributed by atoms with E-state index in [1.165, 1.54) is 24.1 Å². The van der Waals surface area contributed by atoms with Crippen molar-refractivity contribution in [3.8, 4) is 0 Å². The number of oxime groups is 1. The maximum Gasteiger partial charge on any atom is 0.413 e. The average Bonchev–Trinajstić information content (AvgIpc) is 3.40. The molecule has 4 amide bonds. The molecule has 1 aromatic heterocycles. The minimum absolute atomic E-state index is 0.00299. The van der Waals surface area contributed by atoms with Gasteiger partial charge in [-0.2, -0.15) is 0 Å². The van der Waals surface area contributed by atoms with Crippen LogP contribution in [0, 0.1) is 0 Å². The van der Waals surface area contributed by atoms with Crippen LogP contribution in [0.25, 0.3) is 0 Å². The Kier molecular flexibility index (Phi) is 9.39. The number of hydrogen-bond donors (Lipinski definition) is 3. The van der Waals surface area contributed by atoms with E-state index in [9.17, 15) is 24.0 Å². The monoisotopic (exact) mass is 610 g/mol. The van der Waals surface area contributed by atoms with E-state index in [0.717, 1.165) is 11.3 Å². The quantitative estimate of drug-likeness (QED) is 0.123. The molecule has 232 valence electrons. The van der Waals surface area contributed by atoms with Gasteiger partial charge in [0, 0.05) is 11.9 Å². The third-order valence-corrected chi connectivity index (χ3v) is 6.34. The van der Waals surface area contributed by atoms with Crippen molar-refractivity contribution in [3.63, 3.8) is 0 Å². The van der Waals surface area contributed by atoms with Crippen molar-refractivity contribution in [2.75, 3.05) is 18.4 Å². The van der Waals surface area contributed by atoms with Gasteiger partial charge in [-0.05, 0) is 62.3 Å². The Morgan fingerprint density at radius 1 is 1.12 bits per heavy atom. The number of nitrogens with zero attached hydrogens (tertiary/aromatic N) is 3. The summed E-state index contributed by atoms with van der Waals surface area (Å²) in [6, 6.07) is -1.58. The van der Waals surface area contributed by atoms with Crippen molar-refractivity contribution < 1.29 is 43.0 Å². The van der Waals surface area contributed by atoms with Crippen molar-refractivity contribution >= 4 is 52.2 Å². The first kappa shape index (κ1) is 32.6. The molecule has 1 unspecified atom stereocenters. The summed E-state index contributed by atoms with van der Waals surface area (Å²) in [7, 11) is 0. The molecular weight excluding hydrogens is 572 g/mol. The van der Waals surface area contributed by atoms with Gasteiger partial charge in [-0.15, -0.1) is 11.3 Å². The second-order valence-electron chi connectivity index (χ2n) is 12.4. The summed E-state index contributed by atoms with van der Waals surface area (Å²) < 4.78 is 15.7. The molecule has 42 heavy (non-hydrogen) atoms. The van der Waals surface area contributed by atoms with Crippen molar-refractivity contribution in [2.45, 2.75) is 97.3 Å². The van der Waals surface area contributed by atoms with Gasteiger partial charge in [0.05, 0.1) is 12.6 Å². The number of ether oxygens (including phenoxy) is 3. The molecule has 3 atom stereocenters. The van der Waals surface area contributed by atoms with Gasteiger partial charge in [-0.3, -0.25) is 14.9 Å². The van der Waals surface area contributed by atoms with Crippen LogP contribution in [-0.4, -0.2) is 93.6 Å². The fraction of sp³-hybridized carbons (Fsp3) is 0.654. The number of anilines is 1. The van der Waals surface area contributed by atoms with Gasteiger partial charge in [-0.25, -0.2) is 19.4 Å². The third-order valence-electron chi connectivity index (χ3n) is 5.58. The zero-order valence-corrected chi connectivity index (χ0v) is 26.0. The summed E-state index contributed by atoms with van der Waals surface area (Å²) >= 11 is 0.990. The van der Waals surface area contributed by atoms with Crippen LogP contribution in [0.4, 0.5) is 14.7 Å². The van der Waals surface area contributed by atoms with Crippen LogP contribution in [-0.2, 0) is 33.4 Å². The number of hydrogen-bond acceptors (Lipinski definition) is 12. The largest absolute Gasteiger partial charge is 0.457 e. The molecule has 3 N–H and O–H groups in total. The normalized spacial score (nSPS) is 21.1. The summed E-state index contributed by atoms with van der Waals surface area (Å²) in [6.45, 7) is 15.2. The minimum Gasteiger partial charge on any atom is -0.457 e. The molecule has 0 aliphatic carbocycles. The first-order valence-electron chi connectivity index (χ1n) is 13.3. The minimum atomic E-state index is -1.60. The molecule has 2 fully saturated rings. The van der Waals surface area contributed by atoms with Gasteiger partial charge in [-0.1, -0.05) is 5.16 Å². The lowest BCUT2D eigenvalue weighted by Gasteiger charge is -2.38. The number of esters is 1. The van der Waals surface area contributed by atoms with Crippen molar-refractivity contribution in [3.05, 3.63) is 11.1 Å². The number of amides is 4. The maximum atomic E-state index is 13.5. The lowest BCUT2D eigenvalue weighted by Crippen LogP contribution is -2.72. The smallest absolute Gasteiger partial charge is 0.413 e. The predicted molar refractivity (Wildman–Crippen MR) is 151 cm³/mol. The highest BCUT2D eigenvalue weighted by atomic mass is 32.1. The molecule has 0 bridgehead atoms. The standard InChI is InChI=1S/C26H38N6O9S/c1-13-10-32(23(37)38-13)11-14-16(18(33)27-14)29-19(34)17(31-41-26(8,9)20(35)39-24(2,3)4)15-12-42-21(28-15)30-22(36)40-25(5,6)7/h12-14,16H,10-11H2,1-9H3,(H,27,33)(H,29,34)(H,28,30,36)/b31-17-/t13?,14-,16+/m1/s1. The molecule has 16 heteroatoms. The number of carbonyl (C=O) groups excluding carboxylic acids is 5. The molecule has 0 saturated carbocycles. The number of β-lactam (4-membered cyclic amide) rings is 1. The van der Waals surface area contributed by atoms with E-state index in [2.05, 4.69) is 26.1 Å². The van der Waals surface area contributed by atoms with Crippen molar-refractivity contribution in [1.29, 1.82) is 0 Å². The van der Waals surface area contributed by atoms with Gasteiger partial charge < -0.3 is 34.6 Å². The Hall–Kier alpha value is -3.95. The predicted octanol–water partition coefficient (Wildman–Crippen LogP) is 2.16. The Morgan fingerprint density at radius 2 is 1.76 bits per heavy atom. The molecule has 0 radical (unpaired) electrons. The number of carbonyl (C=O) groups is 5. The molecule has 0 aromatic carbocycles. The highest BCUT2D eigenvalue weighted by Gasteiger charge is 2.44. The number of thiazole rings is 1. The van der Waals surface area contributed by atoms with Crippen LogP contribution < -0.4 is 16.0 Å². The number of cyclic esters (lactones) is 1. The van der Waals surface area contributed by atoms with E-state index in [4.69, 9.17) is 19.0 Å². The molecule has 2 aliphatic rings. The van der Waals surface area contributed by atoms with E-state index in [-0.39, 0.29) is 29.2 Å². The fourth-order valence-electron chi connectivity index (χ4n) is 3.66. The number of aromatic nitrogens is 1. The molecule has 3 heterocycles.